The zero-order valence-electron chi connectivity index (χ0n) is 12.7. The average Bonchev–Trinajstić information content (AvgIpc) is 2.95. The van der Waals surface area contributed by atoms with Gasteiger partial charge in [0.15, 0.2) is 11.5 Å². The molecule has 4 N–H and O–H groups in total. The maximum absolute atomic E-state index is 13.3. The molecule has 0 unspecified atom stereocenters. The average molecular weight is 419 g/mol. The van der Waals surface area contributed by atoms with Gasteiger partial charge >= 0.3 is 0 Å². The van der Waals surface area contributed by atoms with Crippen molar-refractivity contribution in [1.29, 1.82) is 9.56 Å². The number of hydrogen-bond acceptors (Lipinski definition) is 7. The van der Waals surface area contributed by atoms with E-state index in [4.69, 9.17) is 14.2 Å². The molecule has 130 valence electrons. The predicted molar refractivity (Wildman–Crippen MR) is 91.4 cm³/mol. The van der Waals surface area contributed by atoms with Crippen molar-refractivity contribution in [3.8, 4) is 0 Å². The van der Waals surface area contributed by atoms with Gasteiger partial charge in [0.05, 0.1) is 10.2 Å². The molecule has 2 aromatic rings. The molecule has 0 atom stereocenters. The summed E-state index contributed by atoms with van der Waals surface area (Å²) in [6.45, 7) is 0. The number of aromatic nitrogens is 2. The van der Waals surface area contributed by atoms with Crippen LogP contribution in [-0.4, -0.2) is 33.4 Å². The third kappa shape index (κ3) is 5.08. The molecule has 8 nitrogen and oxygen atoms in total. The van der Waals surface area contributed by atoms with E-state index in [9.17, 15) is 9.60 Å². The van der Waals surface area contributed by atoms with Crippen molar-refractivity contribution >= 4 is 37.1 Å². The number of aliphatic imine (C=N–C) groups is 1. The Hall–Kier alpha value is -1.85. The van der Waals surface area contributed by atoms with Gasteiger partial charge in [0, 0.05) is 12.0 Å². The number of aryl methyl sites for hydroxylation is 1. The zero-order chi connectivity index (χ0) is 17.7. The zero-order valence-corrected chi connectivity index (χ0v) is 15.1. The maximum Gasteiger partial charge on any atom is 0.181 e. The van der Waals surface area contributed by atoms with E-state index in [-0.39, 0.29) is 16.0 Å². The van der Waals surface area contributed by atoms with Crippen LogP contribution in [0.25, 0.3) is 0 Å². The number of nitrogens with one attached hydrogen (secondary N) is 3. The largest absolute Gasteiger partial charge is 0.290 e. The summed E-state index contributed by atoms with van der Waals surface area (Å²) in [5.74, 6) is 0.0210. The summed E-state index contributed by atoms with van der Waals surface area (Å²) < 4.78 is 33.4. The number of halogens is 2. The lowest BCUT2D eigenvalue weighted by atomic mass is 10.2. The Kier molecular flexibility index (Phi) is 6.02. The van der Waals surface area contributed by atoms with E-state index in [1.807, 2.05) is 5.48 Å². The van der Waals surface area contributed by atoms with E-state index < -0.39 is 15.4 Å². The normalized spacial score (nSPS) is 12.4. The van der Waals surface area contributed by atoms with Gasteiger partial charge in [-0.25, -0.2) is 14.0 Å². The van der Waals surface area contributed by atoms with Crippen LogP contribution < -0.4 is 5.48 Å². The monoisotopic (exact) mass is 418 g/mol. The van der Waals surface area contributed by atoms with E-state index in [1.165, 1.54) is 18.2 Å². The molecule has 0 amide bonds. The summed E-state index contributed by atoms with van der Waals surface area (Å²) in [5, 5.41) is 16.8. The smallest absolute Gasteiger partial charge is 0.181 e. The molecule has 0 aliphatic rings. The molecule has 1 aromatic heterocycles. The van der Waals surface area contributed by atoms with Crippen molar-refractivity contribution in [3.05, 3.63) is 39.9 Å². The predicted octanol–water partition coefficient (Wildman–Crippen LogP) is 3.27. The summed E-state index contributed by atoms with van der Waals surface area (Å²) in [6.07, 6.45) is 2.59. The van der Waals surface area contributed by atoms with Gasteiger partial charge in [-0.1, -0.05) is 14.8 Å². The van der Waals surface area contributed by atoms with E-state index in [0.717, 1.165) is 0 Å². The van der Waals surface area contributed by atoms with Crippen LogP contribution in [0.4, 0.5) is 10.1 Å². The van der Waals surface area contributed by atoms with Crippen molar-refractivity contribution in [1.82, 2.24) is 15.8 Å². The van der Waals surface area contributed by atoms with Crippen LogP contribution in [0, 0.1) is 15.4 Å². The van der Waals surface area contributed by atoms with Gasteiger partial charge in [-0.2, -0.15) is 0 Å². The first-order valence-corrected chi connectivity index (χ1v) is 9.81. The lowest BCUT2D eigenvalue weighted by molar-refractivity contribution is 0.234. The van der Waals surface area contributed by atoms with Crippen LogP contribution in [-0.2, 0) is 16.0 Å². The molecule has 0 bridgehead atoms. The van der Waals surface area contributed by atoms with Crippen LogP contribution in [0.3, 0.4) is 0 Å². The second-order valence-electron chi connectivity index (χ2n) is 5.13. The van der Waals surface area contributed by atoms with E-state index >= 15 is 0 Å². The summed E-state index contributed by atoms with van der Waals surface area (Å²) >= 11 is 3.07. The molecular formula is C13H16BrFN6O2S. The third-order valence-electron chi connectivity index (χ3n) is 3.00. The minimum absolute atomic E-state index is 0.0108. The molecule has 24 heavy (non-hydrogen) atoms. The van der Waals surface area contributed by atoms with E-state index in [0.29, 0.717) is 30.0 Å². The molecule has 1 heterocycles. The fraction of sp³-hybridized carbons (Fsp3) is 0.308. The van der Waals surface area contributed by atoms with Crippen molar-refractivity contribution in [3.63, 3.8) is 0 Å². The Morgan fingerprint density at radius 1 is 1.46 bits per heavy atom. The van der Waals surface area contributed by atoms with Crippen molar-refractivity contribution in [2.75, 3.05) is 12.0 Å². The Morgan fingerprint density at radius 3 is 2.83 bits per heavy atom. The van der Waals surface area contributed by atoms with E-state index in [1.54, 1.807) is 6.26 Å². The van der Waals surface area contributed by atoms with Crippen LogP contribution in [0.2, 0.25) is 0 Å². The van der Waals surface area contributed by atoms with Gasteiger partial charge in [0.25, 0.3) is 0 Å². The number of benzene rings is 1. The molecule has 0 saturated carbocycles. The lowest BCUT2D eigenvalue weighted by Crippen LogP contribution is -2.22. The highest BCUT2D eigenvalue weighted by Crippen LogP contribution is 2.23. The van der Waals surface area contributed by atoms with Gasteiger partial charge in [-0.3, -0.25) is 20.2 Å². The highest BCUT2D eigenvalue weighted by molar-refractivity contribution is 9.10. The number of nitrogens with zero attached hydrogens (tertiary/aromatic N) is 3. The molecule has 11 heteroatoms. The molecule has 0 radical (unpaired) electrons. The fourth-order valence-corrected chi connectivity index (χ4v) is 2.98. The molecule has 0 saturated heterocycles. The molecule has 0 spiro atoms. The Balaban J connectivity index is 2.23. The molecule has 2 rings (SSSR count). The van der Waals surface area contributed by atoms with Crippen LogP contribution in [0.5, 0.6) is 0 Å². The first-order valence-electron chi connectivity index (χ1n) is 6.81. The quantitative estimate of drug-likeness (QED) is 0.324. The summed E-state index contributed by atoms with van der Waals surface area (Å²) in [4.78, 5) is 4.17. The Labute approximate surface area is 146 Å². The van der Waals surface area contributed by atoms with Crippen LogP contribution >= 0.6 is 15.9 Å². The number of rotatable bonds is 6. The van der Waals surface area contributed by atoms with Crippen molar-refractivity contribution in [2.45, 2.75) is 12.8 Å². The summed E-state index contributed by atoms with van der Waals surface area (Å²) in [7, 11) is -2.09. The highest BCUT2D eigenvalue weighted by atomic mass is 79.9. The molecular weight excluding hydrogens is 403 g/mol. The summed E-state index contributed by atoms with van der Waals surface area (Å²) in [5.41, 5.74) is 3.02. The third-order valence-corrected chi connectivity index (χ3v) is 4.71. The fourth-order valence-electron chi connectivity index (χ4n) is 1.89. The standard InChI is InChI=1S/C13H16BrFN6O2S/c1-24(16,17)6-2-3-11-12(21-23-20-11)13(19-22)18-8-4-5-10(15)9(14)7-8/h4-5,7,16-17,22H,2-3,6H2,1H3,(H,18,19). The second-order valence-corrected chi connectivity index (χ2v) is 8.56. The lowest BCUT2D eigenvalue weighted by Gasteiger charge is -2.05. The molecule has 0 aliphatic carbocycles. The first-order chi connectivity index (χ1) is 11.3. The van der Waals surface area contributed by atoms with Gasteiger partial charge in [0.2, 0.25) is 0 Å². The van der Waals surface area contributed by atoms with Gasteiger partial charge in [-0.15, -0.1) is 0 Å². The second kappa shape index (κ2) is 7.81. The van der Waals surface area contributed by atoms with Crippen molar-refractivity contribution in [2.24, 2.45) is 4.99 Å². The van der Waals surface area contributed by atoms with Gasteiger partial charge in [-0.05, 0) is 52.1 Å². The minimum Gasteiger partial charge on any atom is -0.290 e. The first kappa shape index (κ1) is 18.5. The molecule has 0 fully saturated rings. The van der Waals surface area contributed by atoms with Crippen LogP contribution in [0.15, 0.2) is 32.3 Å². The minimum atomic E-state index is -2.09. The SMILES string of the molecule is CS(=N)(=N)CCCc1nonc1C(=Nc1ccc(F)c(Br)c1)NO. The summed E-state index contributed by atoms with van der Waals surface area (Å²) in [6, 6.07) is 4.14. The van der Waals surface area contributed by atoms with Crippen molar-refractivity contribution < 1.29 is 14.2 Å². The molecule has 0 aliphatic heterocycles. The maximum atomic E-state index is 13.3. The number of hydrogen-bond donors (Lipinski definition) is 4. The topological polar surface area (TPSA) is 131 Å². The molecule has 1 aromatic carbocycles. The number of amidine groups is 1. The van der Waals surface area contributed by atoms with Gasteiger partial charge < -0.3 is 0 Å². The highest BCUT2D eigenvalue weighted by Gasteiger charge is 2.16. The van der Waals surface area contributed by atoms with E-state index in [2.05, 4.69) is 31.2 Å². The Bertz CT molecular complexity index is 852. The number of hydroxylamine groups is 1. The van der Waals surface area contributed by atoms with Gasteiger partial charge in [0.1, 0.15) is 11.5 Å². The Morgan fingerprint density at radius 2 is 2.21 bits per heavy atom. The van der Waals surface area contributed by atoms with Crippen LogP contribution in [0.1, 0.15) is 17.8 Å².